The van der Waals surface area contributed by atoms with Crippen molar-refractivity contribution >= 4 is 11.8 Å². The Labute approximate surface area is 94.9 Å². The number of pyridine rings is 1. The molecular formula is C12H16N2O2. The lowest BCUT2D eigenvalue weighted by atomic mass is 10.0. The van der Waals surface area contributed by atoms with Gasteiger partial charge in [-0.1, -0.05) is 13.0 Å². The molecule has 1 aromatic rings. The van der Waals surface area contributed by atoms with E-state index in [-0.39, 0.29) is 5.92 Å². The van der Waals surface area contributed by atoms with Crippen LogP contribution in [0, 0.1) is 12.8 Å². The van der Waals surface area contributed by atoms with Gasteiger partial charge in [0.05, 0.1) is 0 Å². The number of carboxylic acids is 1. The Balaban J connectivity index is 2.26. The summed E-state index contributed by atoms with van der Waals surface area (Å²) in [5.74, 6) is 0.190. The molecule has 16 heavy (non-hydrogen) atoms. The van der Waals surface area contributed by atoms with Crippen molar-refractivity contribution in [1.82, 2.24) is 4.98 Å². The largest absolute Gasteiger partial charge is 0.480 e. The van der Waals surface area contributed by atoms with E-state index in [1.54, 1.807) is 6.20 Å². The zero-order chi connectivity index (χ0) is 11.7. The third-order valence-electron chi connectivity index (χ3n) is 3.14. The lowest BCUT2D eigenvalue weighted by Gasteiger charge is -2.24. The van der Waals surface area contributed by atoms with Crippen LogP contribution in [0.15, 0.2) is 18.3 Å². The first-order chi connectivity index (χ1) is 7.59. The van der Waals surface area contributed by atoms with Gasteiger partial charge in [-0.3, -0.25) is 0 Å². The van der Waals surface area contributed by atoms with Gasteiger partial charge < -0.3 is 10.0 Å². The predicted octanol–water partition coefficient (Wildman–Crippen LogP) is 1.69. The van der Waals surface area contributed by atoms with Crippen molar-refractivity contribution in [3.8, 4) is 0 Å². The summed E-state index contributed by atoms with van der Waals surface area (Å²) in [6.45, 7) is 4.72. The van der Waals surface area contributed by atoms with E-state index in [2.05, 4.69) is 4.98 Å². The average Bonchev–Trinajstić information content (AvgIpc) is 2.61. The van der Waals surface area contributed by atoms with Gasteiger partial charge in [-0.2, -0.15) is 0 Å². The Morgan fingerprint density at radius 1 is 1.56 bits per heavy atom. The number of aryl methyl sites for hydroxylation is 1. The molecule has 86 valence electrons. The third kappa shape index (κ3) is 1.87. The van der Waals surface area contributed by atoms with Crippen LogP contribution in [-0.2, 0) is 4.79 Å². The fourth-order valence-electron chi connectivity index (χ4n) is 2.21. The van der Waals surface area contributed by atoms with Crippen LogP contribution in [-0.4, -0.2) is 28.6 Å². The summed E-state index contributed by atoms with van der Waals surface area (Å²) in [5.41, 5.74) is 1.09. The fourth-order valence-corrected chi connectivity index (χ4v) is 2.21. The van der Waals surface area contributed by atoms with Crippen LogP contribution >= 0.6 is 0 Å². The van der Waals surface area contributed by atoms with Crippen LogP contribution in [0.4, 0.5) is 5.82 Å². The molecule has 2 heterocycles. The molecule has 4 heteroatoms. The molecule has 1 aliphatic heterocycles. The van der Waals surface area contributed by atoms with Crippen molar-refractivity contribution in [3.63, 3.8) is 0 Å². The highest BCUT2D eigenvalue weighted by Gasteiger charge is 2.37. The first-order valence-corrected chi connectivity index (χ1v) is 5.51. The maximum absolute atomic E-state index is 11.2. The minimum Gasteiger partial charge on any atom is -0.480 e. The zero-order valence-corrected chi connectivity index (χ0v) is 9.55. The van der Waals surface area contributed by atoms with E-state index in [0.29, 0.717) is 0 Å². The lowest BCUT2D eigenvalue weighted by molar-refractivity contribution is -0.139. The Morgan fingerprint density at radius 2 is 2.31 bits per heavy atom. The molecule has 1 saturated heterocycles. The number of aliphatic carboxylic acids is 1. The second kappa shape index (κ2) is 4.12. The number of carbonyl (C=O) groups is 1. The summed E-state index contributed by atoms with van der Waals surface area (Å²) in [6.07, 6.45) is 2.68. The minimum absolute atomic E-state index is 0.181. The monoisotopic (exact) mass is 220 g/mol. The minimum atomic E-state index is -0.757. The molecule has 0 aromatic carbocycles. The first kappa shape index (κ1) is 10.9. The fraction of sp³-hybridized carbons (Fsp3) is 0.500. The van der Waals surface area contributed by atoms with E-state index in [1.807, 2.05) is 30.9 Å². The van der Waals surface area contributed by atoms with Crippen LogP contribution < -0.4 is 4.90 Å². The molecule has 2 unspecified atom stereocenters. The summed E-state index contributed by atoms with van der Waals surface area (Å²) < 4.78 is 0. The number of anilines is 1. The molecule has 0 aliphatic carbocycles. The smallest absolute Gasteiger partial charge is 0.326 e. The predicted molar refractivity (Wildman–Crippen MR) is 61.5 cm³/mol. The number of nitrogens with zero attached hydrogens (tertiary/aromatic N) is 2. The topological polar surface area (TPSA) is 53.4 Å². The number of carboxylic acid groups (broad SMARTS) is 1. The molecule has 1 aromatic heterocycles. The molecule has 0 radical (unpaired) electrons. The molecule has 1 aliphatic rings. The van der Waals surface area contributed by atoms with Gasteiger partial charge in [0.2, 0.25) is 0 Å². The Bertz CT molecular complexity index is 389. The second-order valence-electron chi connectivity index (χ2n) is 4.44. The Hall–Kier alpha value is -1.58. The van der Waals surface area contributed by atoms with Gasteiger partial charge in [0.15, 0.2) is 0 Å². The summed E-state index contributed by atoms with van der Waals surface area (Å²) >= 11 is 0. The van der Waals surface area contributed by atoms with E-state index in [1.165, 1.54) is 0 Å². The van der Waals surface area contributed by atoms with E-state index >= 15 is 0 Å². The molecule has 0 bridgehead atoms. The van der Waals surface area contributed by atoms with Crippen LogP contribution in [0.25, 0.3) is 0 Å². The van der Waals surface area contributed by atoms with E-state index < -0.39 is 12.0 Å². The molecule has 1 N–H and O–H groups in total. The van der Waals surface area contributed by atoms with Crippen molar-refractivity contribution in [3.05, 3.63) is 23.9 Å². The molecule has 0 saturated carbocycles. The number of hydrogen-bond acceptors (Lipinski definition) is 3. The number of hydrogen-bond donors (Lipinski definition) is 1. The standard InChI is InChI=1S/C12H16N2O2/c1-8-3-4-10(13-7-8)14-6-5-9(2)11(14)12(15)16/h3-4,7,9,11H,5-6H2,1-2H3,(H,15,16). The zero-order valence-electron chi connectivity index (χ0n) is 9.55. The van der Waals surface area contributed by atoms with Gasteiger partial charge in [0.1, 0.15) is 11.9 Å². The normalized spacial score (nSPS) is 24.8. The quantitative estimate of drug-likeness (QED) is 0.824. The van der Waals surface area contributed by atoms with E-state index in [4.69, 9.17) is 0 Å². The Morgan fingerprint density at radius 3 is 2.88 bits per heavy atom. The van der Waals surface area contributed by atoms with Crippen LogP contribution in [0.1, 0.15) is 18.9 Å². The van der Waals surface area contributed by atoms with Crippen LogP contribution in [0.3, 0.4) is 0 Å². The van der Waals surface area contributed by atoms with Gasteiger partial charge in [-0.15, -0.1) is 0 Å². The molecular weight excluding hydrogens is 204 g/mol. The van der Waals surface area contributed by atoms with E-state index in [9.17, 15) is 9.90 Å². The third-order valence-corrected chi connectivity index (χ3v) is 3.14. The highest BCUT2D eigenvalue weighted by Crippen LogP contribution is 2.28. The lowest BCUT2D eigenvalue weighted by Crippen LogP contribution is -2.39. The average molecular weight is 220 g/mol. The number of rotatable bonds is 2. The van der Waals surface area contributed by atoms with Crippen molar-refractivity contribution in [1.29, 1.82) is 0 Å². The summed E-state index contributed by atoms with van der Waals surface area (Å²) in [5, 5.41) is 9.20. The van der Waals surface area contributed by atoms with Crippen molar-refractivity contribution in [2.24, 2.45) is 5.92 Å². The molecule has 2 atom stereocenters. The van der Waals surface area contributed by atoms with Gasteiger partial charge in [-0.05, 0) is 30.9 Å². The van der Waals surface area contributed by atoms with E-state index in [0.717, 1.165) is 24.3 Å². The molecule has 4 nitrogen and oxygen atoms in total. The van der Waals surface area contributed by atoms with Crippen LogP contribution in [0.2, 0.25) is 0 Å². The maximum atomic E-state index is 11.2. The SMILES string of the molecule is Cc1ccc(N2CCC(C)C2C(=O)O)nc1. The maximum Gasteiger partial charge on any atom is 0.326 e. The van der Waals surface area contributed by atoms with Crippen LogP contribution in [0.5, 0.6) is 0 Å². The summed E-state index contributed by atoms with van der Waals surface area (Å²) in [6, 6.07) is 3.42. The van der Waals surface area contributed by atoms with Gasteiger partial charge in [-0.25, -0.2) is 9.78 Å². The van der Waals surface area contributed by atoms with Crippen molar-refractivity contribution in [2.75, 3.05) is 11.4 Å². The van der Waals surface area contributed by atoms with Crippen molar-refractivity contribution in [2.45, 2.75) is 26.3 Å². The first-order valence-electron chi connectivity index (χ1n) is 5.51. The highest BCUT2D eigenvalue weighted by molar-refractivity contribution is 5.78. The van der Waals surface area contributed by atoms with Crippen molar-refractivity contribution < 1.29 is 9.90 Å². The van der Waals surface area contributed by atoms with Gasteiger partial charge >= 0.3 is 5.97 Å². The second-order valence-corrected chi connectivity index (χ2v) is 4.44. The van der Waals surface area contributed by atoms with Gasteiger partial charge in [0, 0.05) is 12.7 Å². The van der Waals surface area contributed by atoms with Gasteiger partial charge in [0.25, 0.3) is 0 Å². The summed E-state index contributed by atoms with van der Waals surface area (Å²) in [4.78, 5) is 17.4. The molecule has 2 rings (SSSR count). The highest BCUT2D eigenvalue weighted by atomic mass is 16.4. The summed E-state index contributed by atoms with van der Waals surface area (Å²) in [7, 11) is 0. The molecule has 0 amide bonds. The number of aromatic nitrogens is 1. The molecule has 1 fully saturated rings. The Kier molecular flexibility index (Phi) is 2.81. The molecule has 0 spiro atoms.